The van der Waals surface area contributed by atoms with E-state index in [9.17, 15) is 4.79 Å². The number of fused-ring (bicyclic) bond motifs is 6. The van der Waals surface area contributed by atoms with E-state index in [1.54, 1.807) is 22.7 Å². The number of urea groups is 1. The Kier molecular flexibility index (Phi) is 6.96. The Bertz CT molecular complexity index is 1430. The molecule has 4 aromatic rings. The first-order valence-corrected chi connectivity index (χ1v) is 14.5. The van der Waals surface area contributed by atoms with Gasteiger partial charge in [-0.25, -0.2) is 24.7 Å². The second-order valence-electron chi connectivity index (χ2n) is 9.13. The number of likely N-dealkylation sites (tertiary alicyclic amines) is 1. The number of hydrogen-bond acceptors (Lipinski definition) is 8. The van der Waals surface area contributed by atoms with Gasteiger partial charge in [0.2, 0.25) is 0 Å². The summed E-state index contributed by atoms with van der Waals surface area (Å²) in [6.45, 7) is 5.16. The van der Waals surface area contributed by atoms with Gasteiger partial charge in [-0.05, 0) is 49.8 Å². The van der Waals surface area contributed by atoms with Gasteiger partial charge in [0.05, 0.1) is 17.3 Å². The summed E-state index contributed by atoms with van der Waals surface area (Å²) in [5.41, 5.74) is 2.57. The standard InChI is InChI=1S/C15H17ClN4OS.C9H8ClN3S/c16-13-12-10-4-7-20(15(21)19-5-2-1-3-6-19)8-11(10)22-14(12)18-9-17-13;10-8-7-5-1-2-11-3-6(5)14-9(7)13-4-12-8/h9H,1-8H2;4,11H,1-3H2. The minimum absolute atomic E-state index is 0.181. The Morgan fingerprint density at radius 2 is 1.44 bits per heavy atom. The molecule has 1 fully saturated rings. The van der Waals surface area contributed by atoms with Crippen LogP contribution < -0.4 is 5.32 Å². The van der Waals surface area contributed by atoms with Crippen molar-refractivity contribution >= 4 is 72.3 Å². The molecule has 7 heterocycles. The zero-order chi connectivity index (χ0) is 24.6. The molecule has 2 amide bonds. The number of carbonyl (C=O) groups excluding carboxylic acids is 1. The van der Waals surface area contributed by atoms with E-state index in [0.29, 0.717) is 16.9 Å². The predicted molar refractivity (Wildman–Crippen MR) is 145 cm³/mol. The van der Waals surface area contributed by atoms with E-state index in [4.69, 9.17) is 23.2 Å². The van der Waals surface area contributed by atoms with Gasteiger partial charge in [-0.2, -0.15) is 0 Å². The van der Waals surface area contributed by atoms with Gasteiger partial charge in [0.1, 0.15) is 32.6 Å². The third-order valence-electron chi connectivity index (χ3n) is 6.95. The molecule has 0 aromatic carbocycles. The van der Waals surface area contributed by atoms with Gasteiger partial charge in [0, 0.05) is 35.9 Å². The first-order valence-electron chi connectivity index (χ1n) is 12.2. The van der Waals surface area contributed by atoms with Gasteiger partial charge in [-0.15, -0.1) is 22.7 Å². The quantitative estimate of drug-likeness (QED) is 0.293. The van der Waals surface area contributed by atoms with Crippen LogP contribution in [0.25, 0.3) is 20.4 Å². The van der Waals surface area contributed by atoms with E-state index in [-0.39, 0.29) is 6.03 Å². The number of nitrogens with one attached hydrogen (secondary N) is 1. The fourth-order valence-corrected chi connectivity index (χ4v) is 8.12. The Balaban J connectivity index is 0.000000147. The van der Waals surface area contributed by atoms with Gasteiger partial charge < -0.3 is 15.1 Å². The van der Waals surface area contributed by atoms with E-state index in [1.165, 1.54) is 40.0 Å². The average molecular weight is 563 g/mol. The first kappa shape index (κ1) is 24.2. The van der Waals surface area contributed by atoms with Crippen molar-refractivity contribution in [3.8, 4) is 0 Å². The van der Waals surface area contributed by atoms with Crippen LogP contribution in [0.2, 0.25) is 10.3 Å². The van der Waals surface area contributed by atoms with E-state index in [2.05, 4.69) is 25.3 Å². The molecule has 188 valence electrons. The van der Waals surface area contributed by atoms with Crippen molar-refractivity contribution in [2.24, 2.45) is 0 Å². The van der Waals surface area contributed by atoms with Gasteiger partial charge in [-0.3, -0.25) is 0 Å². The van der Waals surface area contributed by atoms with Gasteiger partial charge in [0.25, 0.3) is 0 Å². The molecular formula is C24H25Cl2N7OS2. The number of hydrogen-bond donors (Lipinski definition) is 1. The summed E-state index contributed by atoms with van der Waals surface area (Å²) in [5, 5.41) is 6.50. The predicted octanol–water partition coefficient (Wildman–Crippen LogP) is 5.30. The Morgan fingerprint density at radius 3 is 2.14 bits per heavy atom. The van der Waals surface area contributed by atoms with E-state index < -0.39 is 0 Å². The Morgan fingerprint density at radius 1 is 0.806 bits per heavy atom. The minimum Gasteiger partial charge on any atom is -0.325 e. The van der Waals surface area contributed by atoms with Crippen LogP contribution in [0.3, 0.4) is 0 Å². The fraction of sp³-hybridized carbons (Fsp3) is 0.458. The Hall–Kier alpha value is -2.11. The zero-order valence-electron chi connectivity index (χ0n) is 19.6. The second-order valence-corrected chi connectivity index (χ2v) is 12.0. The largest absolute Gasteiger partial charge is 0.325 e. The number of thiophene rings is 2. The number of amides is 2. The minimum atomic E-state index is 0.181. The van der Waals surface area contributed by atoms with E-state index >= 15 is 0 Å². The lowest BCUT2D eigenvalue weighted by atomic mass is 10.1. The van der Waals surface area contributed by atoms with Crippen molar-refractivity contribution in [1.82, 2.24) is 35.1 Å². The molecule has 0 aliphatic carbocycles. The van der Waals surface area contributed by atoms with Crippen LogP contribution in [0, 0.1) is 0 Å². The van der Waals surface area contributed by atoms with Crippen LogP contribution >= 0.6 is 45.9 Å². The number of piperidine rings is 1. The highest BCUT2D eigenvalue weighted by atomic mass is 35.5. The topological polar surface area (TPSA) is 87.1 Å². The normalized spacial score (nSPS) is 17.5. The molecule has 8 nitrogen and oxygen atoms in total. The number of aromatic nitrogens is 4. The maximum absolute atomic E-state index is 12.6. The third kappa shape index (κ3) is 4.54. The van der Waals surface area contributed by atoms with Crippen LogP contribution in [0.5, 0.6) is 0 Å². The van der Waals surface area contributed by atoms with Gasteiger partial charge in [0.15, 0.2) is 0 Å². The number of halogens is 2. The van der Waals surface area contributed by atoms with Crippen LogP contribution in [0.1, 0.15) is 40.1 Å². The molecule has 0 spiro atoms. The monoisotopic (exact) mass is 561 g/mol. The van der Waals surface area contributed by atoms with Crippen molar-refractivity contribution in [3.05, 3.63) is 43.8 Å². The highest BCUT2D eigenvalue weighted by molar-refractivity contribution is 7.19. The van der Waals surface area contributed by atoms with Gasteiger partial charge >= 0.3 is 6.03 Å². The smallest absolute Gasteiger partial charge is 0.320 e. The van der Waals surface area contributed by atoms with Crippen LogP contribution in [-0.4, -0.2) is 61.9 Å². The van der Waals surface area contributed by atoms with Crippen LogP contribution in [-0.2, 0) is 25.9 Å². The molecule has 12 heteroatoms. The number of carbonyl (C=O) groups is 1. The lowest BCUT2D eigenvalue weighted by Crippen LogP contribution is -2.46. The summed E-state index contributed by atoms with van der Waals surface area (Å²) in [7, 11) is 0. The molecule has 1 N–H and O–H groups in total. The second kappa shape index (κ2) is 10.3. The molecule has 36 heavy (non-hydrogen) atoms. The summed E-state index contributed by atoms with van der Waals surface area (Å²) in [6.07, 6.45) is 8.38. The number of rotatable bonds is 0. The molecule has 7 rings (SSSR count). The zero-order valence-corrected chi connectivity index (χ0v) is 22.7. The molecule has 0 atom stereocenters. The molecule has 0 unspecified atom stereocenters. The summed E-state index contributed by atoms with van der Waals surface area (Å²) in [5.74, 6) is 0. The number of nitrogens with zero attached hydrogens (tertiary/aromatic N) is 6. The first-order chi connectivity index (χ1) is 17.6. The fourth-order valence-electron chi connectivity index (χ4n) is 5.16. The highest BCUT2D eigenvalue weighted by Crippen LogP contribution is 2.37. The van der Waals surface area contributed by atoms with Crippen LogP contribution in [0.15, 0.2) is 12.7 Å². The summed E-state index contributed by atoms with van der Waals surface area (Å²) < 4.78 is 0. The highest BCUT2D eigenvalue weighted by Gasteiger charge is 2.29. The van der Waals surface area contributed by atoms with Crippen LogP contribution in [0.4, 0.5) is 4.79 Å². The molecule has 0 saturated carbocycles. The van der Waals surface area contributed by atoms with Crippen molar-refractivity contribution in [2.45, 2.75) is 45.2 Å². The van der Waals surface area contributed by atoms with Crippen molar-refractivity contribution in [2.75, 3.05) is 26.2 Å². The molecular weight excluding hydrogens is 537 g/mol. The van der Waals surface area contributed by atoms with Crippen molar-refractivity contribution < 1.29 is 4.79 Å². The maximum atomic E-state index is 12.6. The SMILES string of the molecule is Clc1ncnc2sc3c(c12)CCNC3.O=C(N1CCCCC1)N1CCc2c(sc3ncnc(Cl)c23)C1. The summed E-state index contributed by atoms with van der Waals surface area (Å²) >= 11 is 15.6. The third-order valence-corrected chi connectivity index (χ3v) is 9.79. The lowest BCUT2D eigenvalue weighted by molar-refractivity contribution is 0.139. The molecule has 3 aliphatic rings. The molecule has 0 bridgehead atoms. The Labute approximate surface area is 226 Å². The molecule has 1 saturated heterocycles. The van der Waals surface area contributed by atoms with E-state index in [1.807, 2.05) is 9.80 Å². The molecule has 0 radical (unpaired) electrons. The summed E-state index contributed by atoms with van der Waals surface area (Å²) in [6, 6.07) is 0.181. The van der Waals surface area contributed by atoms with Gasteiger partial charge in [-0.1, -0.05) is 23.2 Å². The molecule has 4 aromatic heterocycles. The average Bonchev–Trinajstić information content (AvgIpc) is 3.48. The van der Waals surface area contributed by atoms with Crippen molar-refractivity contribution in [1.29, 1.82) is 0 Å². The van der Waals surface area contributed by atoms with Crippen molar-refractivity contribution in [3.63, 3.8) is 0 Å². The lowest BCUT2D eigenvalue weighted by Gasteiger charge is -2.34. The maximum Gasteiger partial charge on any atom is 0.320 e. The summed E-state index contributed by atoms with van der Waals surface area (Å²) in [4.78, 5) is 37.8. The van der Waals surface area contributed by atoms with E-state index in [0.717, 1.165) is 78.8 Å². The molecule has 3 aliphatic heterocycles.